The average Bonchev–Trinajstić information content (AvgIpc) is 2.96. The first-order chi connectivity index (χ1) is 10.3. The van der Waals surface area contributed by atoms with Crippen LogP contribution in [-0.4, -0.2) is 16.0 Å². The van der Waals surface area contributed by atoms with Crippen molar-refractivity contribution in [2.24, 2.45) is 5.92 Å². The van der Waals surface area contributed by atoms with E-state index in [4.69, 9.17) is 0 Å². The van der Waals surface area contributed by atoms with Crippen molar-refractivity contribution in [3.8, 4) is 0 Å². The quantitative estimate of drug-likeness (QED) is 0.802. The van der Waals surface area contributed by atoms with Gasteiger partial charge in [-0.25, -0.2) is 9.78 Å². The summed E-state index contributed by atoms with van der Waals surface area (Å²) < 4.78 is 0. The monoisotopic (exact) mass is 284 g/mol. The Morgan fingerprint density at radius 2 is 2.14 bits per heavy atom. The maximum Gasteiger partial charge on any atom is 0.323 e. The van der Waals surface area contributed by atoms with Gasteiger partial charge in [-0.15, -0.1) is 0 Å². The second-order valence-electron chi connectivity index (χ2n) is 5.49. The van der Waals surface area contributed by atoms with Gasteiger partial charge < -0.3 is 15.6 Å². The SMILES string of the molecule is O=C(N/C=C/C1CCCCC1)Nc1ccc2nc[nH]c2c1. The van der Waals surface area contributed by atoms with Gasteiger partial charge in [-0.1, -0.05) is 25.3 Å². The highest BCUT2D eigenvalue weighted by atomic mass is 16.2. The van der Waals surface area contributed by atoms with Crippen molar-refractivity contribution in [3.05, 3.63) is 36.8 Å². The molecule has 1 saturated carbocycles. The van der Waals surface area contributed by atoms with Crippen molar-refractivity contribution in [3.63, 3.8) is 0 Å². The predicted molar refractivity (Wildman–Crippen MR) is 84.0 cm³/mol. The number of aromatic nitrogens is 2. The van der Waals surface area contributed by atoms with E-state index in [0.717, 1.165) is 16.7 Å². The number of hydrogen-bond acceptors (Lipinski definition) is 2. The number of rotatable bonds is 3. The molecule has 2 aromatic rings. The largest absolute Gasteiger partial charge is 0.345 e. The number of nitrogens with one attached hydrogen (secondary N) is 3. The van der Waals surface area contributed by atoms with E-state index in [-0.39, 0.29) is 6.03 Å². The third-order valence-corrected chi connectivity index (χ3v) is 3.91. The second-order valence-corrected chi connectivity index (χ2v) is 5.49. The fourth-order valence-corrected chi connectivity index (χ4v) is 2.77. The maximum atomic E-state index is 11.8. The van der Waals surface area contributed by atoms with Crippen LogP contribution < -0.4 is 10.6 Å². The van der Waals surface area contributed by atoms with E-state index in [1.165, 1.54) is 32.1 Å². The van der Waals surface area contributed by atoms with Gasteiger partial charge in [-0.2, -0.15) is 0 Å². The van der Waals surface area contributed by atoms with Gasteiger partial charge in [0.15, 0.2) is 0 Å². The Hall–Kier alpha value is -2.30. The molecule has 0 bridgehead atoms. The van der Waals surface area contributed by atoms with Gasteiger partial charge in [0.1, 0.15) is 0 Å². The molecule has 0 spiro atoms. The molecule has 0 radical (unpaired) electrons. The van der Waals surface area contributed by atoms with Crippen molar-refractivity contribution >= 4 is 22.8 Å². The van der Waals surface area contributed by atoms with E-state index in [1.807, 2.05) is 18.2 Å². The molecule has 0 saturated heterocycles. The number of carbonyl (C=O) groups excluding carboxylic acids is 1. The third kappa shape index (κ3) is 3.62. The van der Waals surface area contributed by atoms with E-state index >= 15 is 0 Å². The van der Waals surface area contributed by atoms with Crippen LogP contribution in [0.5, 0.6) is 0 Å². The number of anilines is 1. The van der Waals surface area contributed by atoms with Crippen LogP contribution in [0.3, 0.4) is 0 Å². The zero-order valence-electron chi connectivity index (χ0n) is 11.9. The molecule has 3 rings (SSSR count). The Bertz CT molecular complexity index is 641. The highest BCUT2D eigenvalue weighted by molar-refractivity contribution is 5.92. The van der Waals surface area contributed by atoms with Crippen LogP contribution in [0.25, 0.3) is 11.0 Å². The lowest BCUT2D eigenvalue weighted by Gasteiger charge is -2.17. The first-order valence-corrected chi connectivity index (χ1v) is 7.48. The smallest absolute Gasteiger partial charge is 0.323 e. The molecule has 0 atom stereocenters. The molecule has 0 unspecified atom stereocenters. The van der Waals surface area contributed by atoms with Crippen molar-refractivity contribution in [1.29, 1.82) is 0 Å². The number of H-pyrrole nitrogens is 1. The number of allylic oxidation sites excluding steroid dienone is 1. The van der Waals surface area contributed by atoms with Crippen LogP contribution >= 0.6 is 0 Å². The molecule has 1 fully saturated rings. The Labute approximate surface area is 123 Å². The molecule has 0 aliphatic heterocycles. The number of aromatic amines is 1. The molecular formula is C16H20N4O. The van der Waals surface area contributed by atoms with Crippen molar-refractivity contribution < 1.29 is 4.79 Å². The van der Waals surface area contributed by atoms with Crippen molar-refractivity contribution in [2.45, 2.75) is 32.1 Å². The molecule has 1 aliphatic carbocycles. The lowest BCUT2D eigenvalue weighted by molar-refractivity contribution is 0.255. The first kappa shape index (κ1) is 13.7. The van der Waals surface area contributed by atoms with Gasteiger partial charge in [0.25, 0.3) is 0 Å². The fourth-order valence-electron chi connectivity index (χ4n) is 2.77. The first-order valence-electron chi connectivity index (χ1n) is 7.48. The molecule has 5 nitrogen and oxygen atoms in total. The molecule has 1 aliphatic rings. The van der Waals surface area contributed by atoms with Crippen LogP contribution in [0.2, 0.25) is 0 Å². The minimum absolute atomic E-state index is 0.221. The van der Waals surface area contributed by atoms with Crippen LogP contribution in [0, 0.1) is 5.92 Å². The van der Waals surface area contributed by atoms with Gasteiger partial charge in [-0.3, -0.25) is 0 Å². The summed E-state index contributed by atoms with van der Waals surface area (Å²) in [5, 5.41) is 5.58. The number of urea groups is 1. The summed E-state index contributed by atoms with van der Waals surface area (Å²) in [5.74, 6) is 0.611. The van der Waals surface area contributed by atoms with Crippen molar-refractivity contribution in [1.82, 2.24) is 15.3 Å². The molecule has 1 aromatic carbocycles. The molecule has 21 heavy (non-hydrogen) atoms. The summed E-state index contributed by atoms with van der Waals surface area (Å²) >= 11 is 0. The topological polar surface area (TPSA) is 69.8 Å². The number of nitrogens with zero attached hydrogens (tertiary/aromatic N) is 1. The van der Waals surface area contributed by atoms with E-state index in [2.05, 4.69) is 26.7 Å². The van der Waals surface area contributed by atoms with E-state index in [9.17, 15) is 4.79 Å². The van der Waals surface area contributed by atoms with Crippen LogP contribution in [0.15, 0.2) is 36.8 Å². The Kier molecular flexibility index (Phi) is 4.19. The maximum absolute atomic E-state index is 11.8. The summed E-state index contributed by atoms with van der Waals surface area (Å²) in [4.78, 5) is 19.0. The average molecular weight is 284 g/mol. The van der Waals surface area contributed by atoms with Gasteiger partial charge in [0, 0.05) is 11.9 Å². The fraction of sp³-hybridized carbons (Fsp3) is 0.375. The molecule has 3 N–H and O–H groups in total. The lowest BCUT2D eigenvalue weighted by Crippen LogP contribution is -2.24. The highest BCUT2D eigenvalue weighted by Gasteiger charge is 2.09. The summed E-state index contributed by atoms with van der Waals surface area (Å²) in [5.41, 5.74) is 2.54. The molecule has 2 amide bonds. The highest BCUT2D eigenvalue weighted by Crippen LogP contribution is 2.24. The normalized spacial score (nSPS) is 16.4. The Balaban J connectivity index is 1.52. The summed E-state index contributed by atoms with van der Waals surface area (Å²) in [6.07, 6.45) is 11.9. The zero-order valence-corrected chi connectivity index (χ0v) is 11.9. The summed E-state index contributed by atoms with van der Waals surface area (Å²) in [7, 11) is 0. The minimum Gasteiger partial charge on any atom is -0.345 e. The second kappa shape index (κ2) is 6.43. The van der Waals surface area contributed by atoms with E-state index in [1.54, 1.807) is 12.5 Å². The number of benzene rings is 1. The Morgan fingerprint density at radius 3 is 3.00 bits per heavy atom. The minimum atomic E-state index is -0.221. The van der Waals surface area contributed by atoms with E-state index in [0.29, 0.717) is 5.92 Å². The predicted octanol–water partition coefficient (Wildman–Crippen LogP) is 3.78. The van der Waals surface area contributed by atoms with Gasteiger partial charge in [0.2, 0.25) is 0 Å². The van der Waals surface area contributed by atoms with Crippen molar-refractivity contribution in [2.75, 3.05) is 5.32 Å². The number of fused-ring (bicyclic) bond motifs is 1. The standard InChI is InChI=1S/C16H20N4O/c21-16(17-9-8-12-4-2-1-3-5-12)20-13-6-7-14-15(10-13)19-11-18-14/h6-12H,1-5H2,(H,18,19)(H2,17,20,21)/b9-8+. The number of imidazole rings is 1. The third-order valence-electron chi connectivity index (χ3n) is 3.91. The number of amides is 2. The van der Waals surface area contributed by atoms with E-state index < -0.39 is 0 Å². The van der Waals surface area contributed by atoms with Gasteiger partial charge in [-0.05, 0) is 37.0 Å². The summed E-state index contributed by atoms with van der Waals surface area (Å²) in [6, 6.07) is 5.36. The molecule has 5 heteroatoms. The molecule has 110 valence electrons. The summed E-state index contributed by atoms with van der Waals surface area (Å²) in [6.45, 7) is 0. The number of carbonyl (C=O) groups is 1. The molecular weight excluding hydrogens is 264 g/mol. The van der Waals surface area contributed by atoms with Gasteiger partial charge in [0.05, 0.1) is 17.4 Å². The zero-order chi connectivity index (χ0) is 14.5. The lowest BCUT2D eigenvalue weighted by atomic mass is 9.89. The van der Waals surface area contributed by atoms with Crippen LogP contribution in [0.1, 0.15) is 32.1 Å². The van der Waals surface area contributed by atoms with Crippen LogP contribution in [0.4, 0.5) is 10.5 Å². The molecule has 1 heterocycles. The Morgan fingerprint density at radius 1 is 1.29 bits per heavy atom. The van der Waals surface area contributed by atoms with Crippen LogP contribution in [-0.2, 0) is 0 Å². The molecule has 1 aromatic heterocycles. The van der Waals surface area contributed by atoms with Gasteiger partial charge >= 0.3 is 6.03 Å². The number of hydrogen-bond donors (Lipinski definition) is 3.